The van der Waals surface area contributed by atoms with Crippen LogP contribution in [0.15, 0.2) is 25.1 Å². The van der Waals surface area contributed by atoms with Gasteiger partial charge in [-0.25, -0.2) is 0 Å². The Labute approximate surface area is 129 Å². The minimum absolute atomic E-state index is 0.0388. The number of unbranched alkanes of at least 4 members (excludes halogenated alkanes) is 4. The van der Waals surface area contributed by atoms with E-state index in [0.29, 0.717) is 6.17 Å². The van der Waals surface area contributed by atoms with Gasteiger partial charge in [0.05, 0.1) is 12.7 Å². The molecule has 1 rings (SSSR count). The third-order valence-electron chi connectivity index (χ3n) is 4.54. The lowest BCUT2D eigenvalue weighted by Crippen LogP contribution is -2.62. The Morgan fingerprint density at radius 3 is 2.76 bits per heavy atom. The molecular formula is C17H32N3O+. The van der Waals surface area contributed by atoms with Crippen LogP contribution in [0.5, 0.6) is 0 Å². The lowest BCUT2D eigenvalue weighted by atomic mass is 10.1. The van der Waals surface area contributed by atoms with Crippen LogP contribution in [0.2, 0.25) is 0 Å². The largest absolute Gasteiger partial charge is 0.338 e. The zero-order chi connectivity index (χ0) is 15.7. The summed E-state index contributed by atoms with van der Waals surface area (Å²) < 4.78 is 0.798. The first kappa shape index (κ1) is 17.8. The Hall–Kier alpha value is -1.29. The molecule has 0 bridgehead atoms. The average Bonchev–Trinajstić information content (AvgIpc) is 2.86. The van der Waals surface area contributed by atoms with Crippen molar-refractivity contribution in [1.29, 1.82) is 0 Å². The van der Waals surface area contributed by atoms with E-state index in [1.54, 1.807) is 6.92 Å². The Kier molecular flexibility index (Phi) is 7.51. The summed E-state index contributed by atoms with van der Waals surface area (Å²) in [6.45, 7) is 10.6. The van der Waals surface area contributed by atoms with Gasteiger partial charge in [0.25, 0.3) is 0 Å². The van der Waals surface area contributed by atoms with Crippen LogP contribution in [-0.4, -0.2) is 29.3 Å². The van der Waals surface area contributed by atoms with E-state index in [4.69, 9.17) is 0 Å². The molecule has 0 aromatic carbocycles. The van der Waals surface area contributed by atoms with Gasteiger partial charge in [0, 0.05) is 20.3 Å². The zero-order valence-corrected chi connectivity index (χ0v) is 13.9. The molecule has 0 radical (unpaired) electrons. The summed E-state index contributed by atoms with van der Waals surface area (Å²) in [5.74, 6) is 0.0388. The van der Waals surface area contributed by atoms with Gasteiger partial charge in [-0.15, -0.1) is 6.58 Å². The molecule has 0 saturated heterocycles. The molecule has 0 aliphatic carbocycles. The van der Waals surface area contributed by atoms with Crippen LogP contribution in [0.25, 0.3) is 0 Å². The van der Waals surface area contributed by atoms with E-state index < -0.39 is 0 Å². The third kappa shape index (κ3) is 4.88. The van der Waals surface area contributed by atoms with Crippen LogP contribution in [0.3, 0.4) is 0 Å². The Morgan fingerprint density at radius 2 is 2.14 bits per heavy atom. The van der Waals surface area contributed by atoms with Crippen LogP contribution in [0, 0.1) is 0 Å². The number of rotatable bonds is 10. The molecule has 3 atom stereocenters. The first-order chi connectivity index (χ1) is 10.1. The number of allylic oxidation sites excluding steroid dienone is 1. The lowest BCUT2D eigenvalue weighted by molar-refractivity contribution is -0.923. The normalized spacial score (nSPS) is 25.4. The molecule has 1 aliphatic rings. The summed E-state index contributed by atoms with van der Waals surface area (Å²) in [4.78, 5) is 11.4. The molecule has 0 fully saturated rings. The highest BCUT2D eigenvalue weighted by Gasteiger charge is 2.41. The average molecular weight is 294 g/mol. The predicted octanol–water partition coefficient (Wildman–Crippen LogP) is 3.23. The number of amides is 1. The second kappa shape index (κ2) is 8.88. The Bertz CT molecular complexity index is 367. The van der Waals surface area contributed by atoms with Gasteiger partial charge in [-0.2, -0.15) is 0 Å². The number of nitrogens with one attached hydrogen (secondary N) is 2. The topological polar surface area (TPSA) is 41.1 Å². The quantitative estimate of drug-likeness (QED) is 0.369. The van der Waals surface area contributed by atoms with Crippen LogP contribution in [0.1, 0.15) is 59.3 Å². The van der Waals surface area contributed by atoms with Crippen molar-refractivity contribution in [2.45, 2.75) is 71.6 Å². The molecule has 1 heterocycles. The van der Waals surface area contributed by atoms with E-state index in [1.165, 1.54) is 25.7 Å². The van der Waals surface area contributed by atoms with Crippen LogP contribution >= 0.6 is 0 Å². The van der Waals surface area contributed by atoms with Crippen molar-refractivity contribution in [3.8, 4) is 0 Å². The Balaban J connectivity index is 2.48. The Morgan fingerprint density at radius 1 is 1.43 bits per heavy atom. The minimum atomic E-state index is 0.0388. The maximum Gasteiger partial charge on any atom is 0.221 e. The molecule has 0 saturated carbocycles. The number of carbonyl (C=O) groups excluding carboxylic acids is 1. The van der Waals surface area contributed by atoms with Crippen molar-refractivity contribution in [2.24, 2.45) is 0 Å². The highest BCUT2D eigenvalue weighted by molar-refractivity contribution is 5.72. The number of nitrogens with zero attached hydrogens (tertiary/aromatic N) is 1. The van der Waals surface area contributed by atoms with E-state index >= 15 is 0 Å². The number of hydrogen-bond donors (Lipinski definition) is 2. The van der Waals surface area contributed by atoms with Crippen LogP contribution in [0.4, 0.5) is 0 Å². The highest BCUT2D eigenvalue weighted by atomic mass is 16.1. The second-order valence-corrected chi connectivity index (χ2v) is 5.97. The van der Waals surface area contributed by atoms with E-state index in [-0.39, 0.29) is 12.1 Å². The summed E-state index contributed by atoms with van der Waals surface area (Å²) in [6, 6.07) is 0. The van der Waals surface area contributed by atoms with E-state index in [0.717, 1.165) is 23.9 Å². The van der Waals surface area contributed by atoms with E-state index in [2.05, 4.69) is 37.3 Å². The van der Waals surface area contributed by atoms with Crippen LogP contribution in [-0.2, 0) is 4.79 Å². The maximum atomic E-state index is 11.4. The highest BCUT2D eigenvalue weighted by Crippen LogP contribution is 2.26. The van der Waals surface area contributed by atoms with E-state index in [9.17, 15) is 4.79 Å². The fourth-order valence-electron chi connectivity index (χ4n) is 3.25. The van der Waals surface area contributed by atoms with Gasteiger partial charge in [0.15, 0.2) is 12.3 Å². The summed E-state index contributed by atoms with van der Waals surface area (Å²) in [5, 5.41) is 6.53. The summed E-state index contributed by atoms with van der Waals surface area (Å²) in [7, 11) is 0. The molecular weight excluding hydrogens is 262 g/mol. The predicted molar refractivity (Wildman–Crippen MR) is 88.0 cm³/mol. The van der Waals surface area contributed by atoms with Crippen molar-refractivity contribution >= 4 is 5.91 Å². The molecule has 1 amide bonds. The number of carbonyl (C=O) groups is 1. The monoisotopic (exact) mass is 294 g/mol. The maximum absolute atomic E-state index is 11.4. The minimum Gasteiger partial charge on any atom is -0.338 e. The van der Waals surface area contributed by atoms with Crippen LogP contribution < -0.4 is 10.6 Å². The number of hydrogen-bond acceptors (Lipinski definition) is 2. The SMILES string of the molecule is C=CCCCCCCC1NC=C[N+]1(CC)C(C)NC(C)=O. The first-order valence-electron chi connectivity index (χ1n) is 8.25. The number of quaternary nitrogens is 1. The molecule has 1 aliphatic heterocycles. The first-order valence-corrected chi connectivity index (χ1v) is 8.25. The van der Waals surface area contributed by atoms with E-state index in [1.807, 2.05) is 12.3 Å². The van der Waals surface area contributed by atoms with Crippen molar-refractivity contribution in [3.63, 3.8) is 0 Å². The molecule has 0 aromatic rings. The van der Waals surface area contributed by atoms with Gasteiger partial charge in [-0.05, 0) is 26.2 Å². The lowest BCUT2D eigenvalue weighted by Gasteiger charge is -2.41. The molecule has 3 unspecified atom stereocenters. The van der Waals surface area contributed by atoms with Gasteiger partial charge in [-0.1, -0.05) is 18.9 Å². The standard InChI is InChI=1S/C17H31N3O/c1-5-7-8-9-10-11-12-17-18-13-14-20(17,6-2)15(3)19-16(4)21/h5,13-15,17-18H,1,6-12H2,2-4H3/p+1. The van der Waals surface area contributed by atoms with Gasteiger partial charge in [0.2, 0.25) is 5.91 Å². The second-order valence-electron chi connectivity index (χ2n) is 5.97. The third-order valence-corrected chi connectivity index (χ3v) is 4.54. The van der Waals surface area contributed by atoms with Crippen molar-refractivity contribution < 1.29 is 9.28 Å². The molecule has 0 spiro atoms. The molecule has 4 heteroatoms. The van der Waals surface area contributed by atoms with Gasteiger partial charge in [0.1, 0.15) is 6.20 Å². The molecule has 4 nitrogen and oxygen atoms in total. The van der Waals surface area contributed by atoms with Gasteiger partial charge in [-0.3, -0.25) is 9.28 Å². The van der Waals surface area contributed by atoms with Crippen molar-refractivity contribution in [1.82, 2.24) is 10.6 Å². The fourth-order valence-corrected chi connectivity index (χ4v) is 3.25. The summed E-state index contributed by atoms with van der Waals surface area (Å²) >= 11 is 0. The van der Waals surface area contributed by atoms with Gasteiger partial charge >= 0.3 is 0 Å². The van der Waals surface area contributed by atoms with Gasteiger partial charge < -0.3 is 10.6 Å². The summed E-state index contributed by atoms with van der Waals surface area (Å²) in [5.41, 5.74) is 0. The fraction of sp³-hybridized carbons (Fsp3) is 0.706. The smallest absolute Gasteiger partial charge is 0.221 e. The molecule has 0 aromatic heterocycles. The zero-order valence-electron chi connectivity index (χ0n) is 13.9. The molecule has 2 N–H and O–H groups in total. The molecule has 120 valence electrons. The van der Waals surface area contributed by atoms with Crippen molar-refractivity contribution in [2.75, 3.05) is 6.54 Å². The molecule has 21 heavy (non-hydrogen) atoms. The summed E-state index contributed by atoms with van der Waals surface area (Å²) in [6.07, 6.45) is 14.0. The van der Waals surface area contributed by atoms with Crippen molar-refractivity contribution in [3.05, 3.63) is 25.1 Å².